The molecule has 9 heteroatoms. The standard InChI is InChI=1S/C19H28F2N6.HI/c1-5-18-26-24-12-27(18)9-8-22-19(23-11-13(2)3)25-14(4)15-6-7-16(20)17(21)10-15;/h6-7,10,12-14H,5,8-9,11H2,1-4H3,(H2,22,23,25);1H. The number of halogens is 3. The molecule has 1 aromatic heterocycles. The van der Waals surface area contributed by atoms with Crippen LogP contribution >= 0.6 is 24.0 Å². The van der Waals surface area contributed by atoms with Crippen molar-refractivity contribution < 1.29 is 8.78 Å². The van der Waals surface area contributed by atoms with Crippen LogP contribution in [0.15, 0.2) is 29.5 Å². The second kappa shape index (κ2) is 11.9. The lowest BCUT2D eigenvalue weighted by Gasteiger charge is -2.19. The summed E-state index contributed by atoms with van der Waals surface area (Å²) >= 11 is 0. The molecule has 0 bridgehead atoms. The van der Waals surface area contributed by atoms with Crippen LogP contribution < -0.4 is 10.6 Å². The van der Waals surface area contributed by atoms with E-state index in [0.717, 1.165) is 18.3 Å². The molecule has 0 radical (unpaired) electrons. The molecule has 2 rings (SSSR count). The van der Waals surface area contributed by atoms with E-state index in [1.807, 2.05) is 18.4 Å². The van der Waals surface area contributed by atoms with E-state index in [-0.39, 0.29) is 30.0 Å². The lowest BCUT2D eigenvalue weighted by molar-refractivity contribution is 0.504. The zero-order chi connectivity index (χ0) is 19.8. The number of nitrogens with zero attached hydrogens (tertiary/aromatic N) is 4. The normalized spacial score (nSPS) is 12.6. The molecule has 0 aliphatic carbocycles. The van der Waals surface area contributed by atoms with Gasteiger partial charge in [0.15, 0.2) is 17.6 Å². The van der Waals surface area contributed by atoms with Crippen molar-refractivity contribution in [2.24, 2.45) is 10.9 Å². The van der Waals surface area contributed by atoms with E-state index in [9.17, 15) is 8.78 Å². The summed E-state index contributed by atoms with van der Waals surface area (Å²) in [4.78, 5) is 4.58. The average molecular weight is 506 g/mol. The zero-order valence-electron chi connectivity index (χ0n) is 16.7. The molecule has 1 aromatic carbocycles. The quantitative estimate of drug-likeness (QED) is 0.326. The molecule has 0 fully saturated rings. The fourth-order valence-electron chi connectivity index (χ4n) is 2.53. The van der Waals surface area contributed by atoms with Crippen molar-refractivity contribution in [1.82, 2.24) is 25.4 Å². The Kier molecular flexibility index (Phi) is 10.3. The van der Waals surface area contributed by atoms with Gasteiger partial charge in [-0.05, 0) is 30.5 Å². The minimum Gasteiger partial charge on any atom is -0.355 e. The molecule has 1 heterocycles. The number of hydrogen-bond donors (Lipinski definition) is 2. The summed E-state index contributed by atoms with van der Waals surface area (Å²) in [5, 5.41) is 14.5. The summed E-state index contributed by atoms with van der Waals surface area (Å²) < 4.78 is 28.6. The van der Waals surface area contributed by atoms with Crippen molar-refractivity contribution >= 4 is 29.9 Å². The van der Waals surface area contributed by atoms with Gasteiger partial charge in [0.2, 0.25) is 0 Å². The van der Waals surface area contributed by atoms with E-state index >= 15 is 0 Å². The second-order valence-electron chi connectivity index (χ2n) is 6.84. The fourth-order valence-corrected chi connectivity index (χ4v) is 2.53. The van der Waals surface area contributed by atoms with Crippen molar-refractivity contribution in [1.29, 1.82) is 0 Å². The molecule has 6 nitrogen and oxygen atoms in total. The zero-order valence-corrected chi connectivity index (χ0v) is 19.1. The summed E-state index contributed by atoms with van der Waals surface area (Å²) in [6.45, 7) is 10.1. The molecule has 0 saturated heterocycles. The number of aliphatic imine (C=N–C) groups is 1. The Hall–Kier alpha value is -1.78. The number of rotatable bonds is 8. The number of hydrogen-bond acceptors (Lipinski definition) is 3. The van der Waals surface area contributed by atoms with Gasteiger partial charge in [0.1, 0.15) is 12.2 Å². The third-order valence-electron chi connectivity index (χ3n) is 4.07. The Morgan fingerprint density at radius 3 is 2.61 bits per heavy atom. The van der Waals surface area contributed by atoms with Crippen molar-refractivity contribution in [3.05, 3.63) is 47.5 Å². The number of aromatic nitrogens is 3. The molecular formula is C19H29F2IN6. The van der Waals surface area contributed by atoms with Crippen molar-refractivity contribution in [2.75, 3.05) is 13.1 Å². The van der Waals surface area contributed by atoms with Gasteiger partial charge in [-0.15, -0.1) is 34.2 Å². The Labute approximate surface area is 182 Å². The van der Waals surface area contributed by atoms with Crippen LogP contribution in [0.25, 0.3) is 0 Å². The molecule has 0 amide bonds. The monoisotopic (exact) mass is 506 g/mol. The highest BCUT2D eigenvalue weighted by molar-refractivity contribution is 14.0. The van der Waals surface area contributed by atoms with Gasteiger partial charge >= 0.3 is 0 Å². The van der Waals surface area contributed by atoms with Crippen molar-refractivity contribution in [3.8, 4) is 0 Å². The van der Waals surface area contributed by atoms with Gasteiger partial charge in [0.25, 0.3) is 0 Å². The molecule has 1 atom stereocenters. The van der Waals surface area contributed by atoms with Gasteiger partial charge in [0, 0.05) is 26.1 Å². The minimum atomic E-state index is -0.852. The van der Waals surface area contributed by atoms with Gasteiger partial charge in [-0.3, -0.25) is 4.99 Å². The van der Waals surface area contributed by atoms with Crippen LogP contribution in [0.2, 0.25) is 0 Å². The smallest absolute Gasteiger partial charge is 0.191 e. The van der Waals surface area contributed by atoms with Gasteiger partial charge < -0.3 is 15.2 Å². The summed E-state index contributed by atoms with van der Waals surface area (Å²) in [6.07, 6.45) is 2.53. The van der Waals surface area contributed by atoms with Gasteiger partial charge in [-0.25, -0.2) is 8.78 Å². The van der Waals surface area contributed by atoms with Crippen LogP contribution in [0.4, 0.5) is 8.78 Å². The van der Waals surface area contributed by atoms with Crippen LogP contribution in [0.3, 0.4) is 0 Å². The first-order valence-corrected chi connectivity index (χ1v) is 9.27. The predicted molar refractivity (Wildman–Crippen MR) is 118 cm³/mol. The number of guanidine groups is 1. The highest BCUT2D eigenvalue weighted by Crippen LogP contribution is 2.15. The molecule has 2 aromatic rings. The minimum absolute atomic E-state index is 0. The largest absolute Gasteiger partial charge is 0.355 e. The molecule has 156 valence electrons. The van der Waals surface area contributed by atoms with E-state index < -0.39 is 11.6 Å². The number of benzene rings is 1. The Morgan fingerprint density at radius 1 is 1.21 bits per heavy atom. The first-order chi connectivity index (χ1) is 12.9. The van der Waals surface area contributed by atoms with Crippen molar-refractivity contribution in [3.63, 3.8) is 0 Å². The molecule has 2 N–H and O–H groups in total. The van der Waals surface area contributed by atoms with Crippen LogP contribution in [0.1, 0.15) is 45.1 Å². The summed E-state index contributed by atoms with van der Waals surface area (Å²) in [7, 11) is 0. The highest BCUT2D eigenvalue weighted by atomic mass is 127. The van der Waals surface area contributed by atoms with E-state index in [4.69, 9.17) is 0 Å². The maximum absolute atomic E-state index is 13.5. The van der Waals surface area contributed by atoms with E-state index in [1.165, 1.54) is 6.07 Å². The fraction of sp³-hybridized carbons (Fsp3) is 0.526. The van der Waals surface area contributed by atoms with E-state index in [1.54, 1.807) is 12.4 Å². The molecule has 0 aliphatic rings. The molecule has 0 aliphatic heterocycles. The lowest BCUT2D eigenvalue weighted by Crippen LogP contribution is -2.40. The summed E-state index contributed by atoms with van der Waals surface area (Å²) in [6, 6.07) is 3.69. The van der Waals surface area contributed by atoms with E-state index in [0.29, 0.717) is 37.1 Å². The van der Waals surface area contributed by atoms with Gasteiger partial charge in [-0.2, -0.15) is 0 Å². The highest BCUT2D eigenvalue weighted by Gasteiger charge is 2.11. The third-order valence-corrected chi connectivity index (χ3v) is 4.07. The SMILES string of the molecule is CCc1nncn1CCNC(=NCC(C)C)NC(C)c1ccc(F)c(F)c1.I. The van der Waals surface area contributed by atoms with Crippen LogP contribution in [0, 0.1) is 17.6 Å². The average Bonchev–Trinajstić information content (AvgIpc) is 3.09. The first-order valence-electron chi connectivity index (χ1n) is 9.27. The Balaban J connectivity index is 0.00000392. The van der Waals surface area contributed by atoms with Crippen molar-refractivity contribution in [2.45, 2.75) is 46.7 Å². The Morgan fingerprint density at radius 2 is 1.96 bits per heavy atom. The Bertz CT molecular complexity index is 763. The van der Waals surface area contributed by atoms with Crippen LogP contribution in [0.5, 0.6) is 0 Å². The number of aryl methyl sites for hydroxylation is 1. The molecule has 1 unspecified atom stereocenters. The topological polar surface area (TPSA) is 67.1 Å². The number of nitrogens with one attached hydrogen (secondary N) is 2. The van der Waals surface area contributed by atoms with Gasteiger partial charge in [-0.1, -0.05) is 26.8 Å². The predicted octanol–water partition coefficient (Wildman–Crippen LogP) is 3.69. The summed E-state index contributed by atoms with van der Waals surface area (Å²) in [5.41, 5.74) is 0.653. The van der Waals surface area contributed by atoms with Crippen LogP contribution in [-0.2, 0) is 13.0 Å². The molecule has 0 saturated carbocycles. The molecular weight excluding hydrogens is 477 g/mol. The van der Waals surface area contributed by atoms with Crippen LogP contribution in [-0.4, -0.2) is 33.8 Å². The second-order valence-corrected chi connectivity index (χ2v) is 6.84. The summed E-state index contributed by atoms with van der Waals surface area (Å²) in [5.74, 6) is 0.271. The molecule has 28 heavy (non-hydrogen) atoms. The third kappa shape index (κ3) is 7.33. The molecule has 0 spiro atoms. The maximum atomic E-state index is 13.5. The first kappa shape index (κ1) is 24.3. The maximum Gasteiger partial charge on any atom is 0.191 e. The lowest BCUT2D eigenvalue weighted by atomic mass is 10.1. The van der Waals surface area contributed by atoms with Gasteiger partial charge in [0.05, 0.1) is 6.04 Å². The van der Waals surface area contributed by atoms with E-state index in [2.05, 4.69) is 39.7 Å².